The Balaban J connectivity index is 1.70. The van der Waals surface area contributed by atoms with Crippen molar-refractivity contribution in [3.63, 3.8) is 0 Å². The summed E-state index contributed by atoms with van der Waals surface area (Å²) in [6.45, 7) is 5.32. The van der Waals surface area contributed by atoms with Crippen molar-refractivity contribution in [1.29, 1.82) is 0 Å². The first-order chi connectivity index (χ1) is 10.7. The molecule has 0 spiro atoms. The molecule has 2 amide bonds. The van der Waals surface area contributed by atoms with Gasteiger partial charge in [-0.3, -0.25) is 4.90 Å². The molecule has 7 nitrogen and oxygen atoms in total. The van der Waals surface area contributed by atoms with Crippen molar-refractivity contribution in [3.8, 4) is 5.75 Å². The second-order valence-electron chi connectivity index (χ2n) is 4.96. The molecule has 3 N–H and O–H groups in total. The standard InChI is InChI=1S/C15H22N4O3/c16-15(20)18-17-12-13-3-1-4-14(11-13)22-8-2-5-19-6-9-21-10-7-19/h1,3-4,11-12H,2,5-10H2,(H3,16,18,20). The molecule has 1 fully saturated rings. The Morgan fingerprint density at radius 2 is 2.27 bits per heavy atom. The van der Waals surface area contributed by atoms with Crippen LogP contribution in [0.3, 0.4) is 0 Å². The van der Waals surface area contributed by atoms with Crippen LogP contribution in [0.2, 0.25) is 0 Å². The summed E-state index contributed by atoms with van der Waals surface area (Å²) in [5.41, 5.74) is 7.92. The third-order valence-corrected chi connectivity index (χ3v) is 3.24. The Morgan fingerprint density at radius 1 is 1.45 bits per heavy atom. The van der Waals surface area contributed by atoms with Gasteiger partial charge in [0.1, 0.15) is 5.75 Å². The maximum atomic E-state index is 10.5. The molecule has 0 aromatic heterocycles. The summed E-state index contributed by atoms with van der Waals surface area (Å²) in [5, 5.41) is 3.72. The Morgan fingerprint density at radius 3 is 3.05 bits per heavy atom. The number of hydrogen-bond acceptors (Lipinski definition) is 5. The fourth-order valence-electron chi connectivity index (χ4n) is 2.16. The lowest BCUT2D eigenvalue weighted by Gasteiger charge is -2.26. The molecule has 0 aliphatic carbocycles. The van der Waals surface area contributed by atoms with Gasteiger partial charge in [-0.25, -0.2) is 10.2 Å². The second kappa shape index (κ2) is 9.01. The van der Waals surface area contributed by atoms with Gasteiger partial charge in [0, 0.05) is 19.6 Å². The molecular weight excluding hydrogens is 284 g/mol. The monoisotopic (exact) mass is 306 g/mol. The zero-order valence-electron chi connectivity index (χ0n) is 12.5. The van der Waals surface area contributed by atoms with Gasteiger partial charge in [-0.05, 0) is 24.1 Å². The zero-order chi connectivity index (χ0) is 15.6. The number of primary amides is 1. The zero-order valence-corrected chi connectivity index (χ0v) is 12.5. The van der Waals surface area contributed by atoms with Crippen molar-refractivity contribution < 1.29 is 14.3 Å². The van der Waals surface area contributed by atoms with Crippen molar-refractivity contribution in [2.75, 3.05) is 39.5 Å². The molecule has 1 aromatic rings. The number of carbonyl (C=O) groups is 1. The quantitative estimate of drug-likeness (QED) is 0.443. The largest absolute Gasteiger partial charge is 0.494 e. The summed E-state index contributed by atoms with van der Waals surface area (Å²) in [7, 11) is 0. The Hall–Kier alpha value is -2.12. The average Bonchev–Trinajstić information content (AvgIpc) is 2.53. The Labute approximate surface area is 130 Å². The predicted octanol–water partition coefficient (Wildman–Crippen LogP) is 0.790. The lowest BCUT2D eigenvalue weighted by atomic mass is 10.2. The van der Waals surface area contributed by atoms with E-state index in [1.165, 1.54) is 6.21 Å². The molecule has 0 atom stereocenters. The van der Waals surface area contributed by atoms with Crippen LogP contribution < -0.4 is 15.9 Å². The minimum absolute atomic E-state index is 0.664. The van der Waals surface area contributed by atoms with E-state index in [-0.39, 0.29) is 0 Å². The molecule has 1 aliphatic rings. The van der Waals surface area contributed by atoms with Gasteiger partial charge in [0.15, 0.2) is 0 Å². The lowest BCUT2D eigenvalue weighted by Crippen LogP contribution is -2.37. The second-order valence-corrected chi connectivity index (χ2v) is 4.96. The van der Waals surface area contributed by atoms with Crippen molar-refractivity contribution >= 4 is 12.2 Å². The van der Waals surface area contributed by atoms with Gasteiger partial charge in [0.25, 0.3) is 0 Å². The van der Waals surface area contributed by atoms with Crippen molar-refractivity contribution in [2.45, 2.75) is 6.42 Å². The molecule has 0 saturated carbocycles. The van der Waals surface area contributed by atoms with Crippen LogP contribution in [0.4, 0.5) is 4.79 Å². The molecule has 1 aliphatic heterocycles. The van der Waals surface area contributed by atoms with Crippen LogP contribution in [0.5, 0.6) is 5.75 Å². The molecular formula is C15H22N4O3. The number of nitrogens with one attached hydrogen (secondary N) is 1. The lowest BCUT2D eigenvalue weighted by molar-refractivity contribution is 0.0358. The van der Waals surface area contributed by atoms with Crippen LogP contribution in [0.1, 0.15) is 12.0 Å². The van der Waals surface area contributed by atoms with Gasteiger partial charge in [0.2, 0.25) is 0 Å². The molecule has 1 saturated heterocycles. The predicted molar refractivity (Wildman–Crippen MR) is 84.1 cm³/mol. The molecule has 120 valence electrons. The highest BCUT2D eigenvalue weighted by molar-refractivity contribution is 5.81. The number of morpholine rings is 1. The first kappa shape index (κ1) is 16.3. The summed E-state index contributed by atoms with van der Waals surface area (Å²) in [6.07, 6.45) is 2.49. The average molecular weight is 306 g/mol. The number of nitrogens with zero attached hydrogens (tertiary/aromatic N) is 2. The summed E-state index contributed by atoms with van der Waals surface area (Å²) in [5.74, 6) is 0.782. The van der Waals surface area contributed by atoms with E-state index in [1.807, 2.05) is 24.3 Å². The number of benzene rings is 1. The topological polar surface area (TPSA) is 89.2 Å². The van der Waals surface area contributed by atoms with Crippen LogP contribution >= 0.6 is 0 Å². The first-order valence-electron chi connectivity index (χ1n) is 7.35. The van der Waals surface area contributed by atoms with Gasteiger partial charge < -0.3 is 15.2 Å². The molecule has 1 aromatic carbocycles. The highest BCUT2D eigenvalue weighted by atomic mass is 16.5. The van der Waals surface area contributed by atoms with E-state index >= 15 is 0 Å². The van der Waals surface area contributed by atoms with E-state index < -0.39 is 6.03 Å². The van der Waals surface area contributed by atoms with Crippen molar-refractivity contribution in [3.05, 3.63) is 29.8 Å². The summed E-state index contributed by atoms with van der Waals surface area (Å²) < 4.78 is 11.0. The number of rotatable bonds is 7. The summed E-state index contributed by atoms with van der Waals surface area (Å²) in [6, 6.07) is 6.82. The smallest absolute Gasteiger partial charge is 0.332 e. The summed E-state index contributed by atoms with van der Waals surface area (Å²) >= 11 is 0. The minimum atomic E-state index is -0.688. The number of hydrazone groups is 1. The first-order valence-corrected chi connectivity index (χ1v) is 7.35. The van der Waals surface area contributed by atoms with E-state index in [0.29, 0.717) is 6.61 Å². The van der Waals surface area contributed by atoms with E-state index in [4.69, 9.17) is 15.2 Å². The molecule has 0 bridgehead atoms. The molecule has 2 rings (SSSR count). The van der Waals surface area contributed by atoms with Gasteiger partial charge in [-0.2, -0.15) is 5.10 Å². The van der Waals surface area contributed by atoms with Gasteiger partial charge >= 0.3 is 6.03 Å². The number of amides is 2. The minimum Gasteiger partial charge on any atom is -0.494 e. The van der Waals surface area contributed by atoms with Crippen LogP contribution in [-0.4, -0.2) is 56.6 Å². The normalized spacial score (nSPS) is 15.8. The number of ether oxygens (including phenoxy) is 2. The molecule has 0 radical (unpaired) electrons. The fourth-order valence-corrected chi connectivity index (χ4v) is 2.16. The van der Waals surface area contributed by atoms with E-state index in [1.54, 1.807) is 0 Å². The number of carbonyl (C=O) groups excluding carboxylic acids is 1. The third kappa shape index (κ3) is 6.11. The number of urea groups is 1. The number of nitrogens with two attached hydrogens (primary N) is 1. The maximum absolute atomic E-state index is 10.5. The molecule has 1 heterocycles. The van der Waals surface area contributed by atoms with E-state index in [2.05, 4.69) is 15.4 Å². The molecule has 0 unspecified atom stereocenters. The SMILES string of the molecule is NC(=O)NN=Cc1cccc(OCCCN2CCOCC2)c1. The van der Waals surface area contributed by atoms with Gasteiger partial charge in [0.05, 0.1) is 26.0 Å². The van der Waals surface area contributed by atoms with E-state index in [0.717, 1.165) is 50.6 Å². The molecule has 7 heteroatoms. The van der Waals surface area contributed by atoms with Gasteiger partial charge in [-0.1, -0.05) is 12.1 Å². The van der Waals surface area contributed by atoms with Crippen LogP contribution in [0.15, 0.2) is 29.4 Å². The van der Waals surface area contributed by atoms with Crippen LogP contribution in [-0.2, 0) is 4.74 Å². The third-order valence-electron chi connectivity index (χ3n) is 3.24. The van der Waals surface area contributed by atoms with Crippen LogP contribution in [0.25, 0.3) is 0 Å². The molecule has 22 heavy (non-hydrogen) atoms. The highest BCUT2D eigenvalue weighted by Crippen LogP contribution is 2.12. The number of hydrogen-bond donors (Lipinski definition) is 2. The Bertz CT molecular complexity index is 501. The van der Waals surface area contributed by atoms with Gasteiger partial charge in [-0.15, -0.1) is 0 Å². The van der Waals surface area contributed by atoms with Crippen LogP contribution in [0, 0.1) is 0 Å². The van der Waals surface area contributed by atoms with Crippen molar-refractivity contribution in [2.24, 2.45) is 10.8 Å². The van der Waals surface area contributed by atoms with E-state index in [9.17, 15) is 4.79 Å². The maximum Gasteiger partial charge on any atom is 0.332 e. The highest BCUT2D eigenvalue weighted by Gasteiger charge is 2.09. The Kier molecular flexibility index (Phi) is 6.66. The fraction of sp³-hybridized carbons (Fsp3) is 0.467. The summed E-state index contributed by atoms with van der Waals surface area (Å²) in [4.78, 5) is 12.9. The van der Waals surface area contributed by atoms with Crippen molar-refractivity contribution in [1.82, 2.24) is 10.3 Å².